The molecule has 0 bridgehead atoms. The maximum atomic E-state index is 12.8. The Morgan fingerprint density at radius 2 is 1.79 bits per heavy atom. The van der Waals surface area contributed by atoms with Gasteiger partial charge in [-0.25, -0.2) is 4.79 Å². The molecule has 0 fully saturated rings. The summed E-state index contributed by atoms with van der Waals surface area (Å²) in [5, 5.41) is 2.08. The number of rotatable bonds is 3. The van der Waals surface area contributed by atoms with Crippen LogP contribution < -0.4 is 0 Å². The number of benzene rings is 2. The second-order valence-corrected chi connectivity index (χ2v) is 7.88. The molecule has 0 aliphatic rings. The highest BCUT2D eigenvalue weighted by Crippen LogP contribution is 2.34. The maximum Gasteiger partial charge on any atom is 0.419 e. The van der Waals surface area contributed by atoms with Gasteiger partial charge in [-0.3, -0.25) is 4.57 Å². The molecular formula is C23H24N2O3. The van der Waals surface area contributed by atoms with Crippen molar-refractivity contribution >= 4 is 27.9 Å². The van der Waals surface area contributed by atoms with E-state index in [1.54, 1.807) is 11.7 Å². The van der Waals surface area contributed by atoms with E-state index < -0.39 is 11.7 Å². The maximum absolute atomic E-state index is 12.8. The van der Waals surface area contributed by atoms with Gasteiger partial charge in [0.15, 0.2) is 0 Å². The van der Waals surface area contributed by atoms with Crippen molar-refractivity contribution < 1.29 is 14.3 Å². The minimum Gasteiger partial charge on any atom is -0.443 e. The van der Waals surface area contributed by atoms with Crippen molar-refractivity contribution in [3.05, 3.63) is 72.1 Å². The smallest absolute Gasteiger partial charge is 0.419 e. The fraction of sp³-hybridized carbons (Fsp3) is 0.261. The number of carbonyl (C=O) groups is 1. The second kappa shape index (κ2) is 6.84. The molecule has 2 heterocycles. The van der Waals surface area contributed by atoms with Gasteiger partial charge in [-0.15, -0.1) is 0 Å². The Balaban J connectivity index is 1.84. The highest BCUT2D eigenvalue weighted by Gasteiger charge is 2.25. The summed E-state index contributed by atoms with van der Waals surface area (Å²) in [5.74, 6) is 0. The predicted molar refractivity (Wildman–Crippen MR) is 111 cm³/mol. The van der Waals surface area contributed by atoms with Gasteiger partial charge < -0.3 is 14.5 Å². The largest absolute Gasteiger partial charge is 0.443 e. The van der Waals surface area contributed by atoms with Gasteiger partial charge in [-0.05, 0) is 44.4 Å². The average Bonchev–Trinajstić information content (AvgIpc) is 3.23. The van der Waals surface area contributed by atoms with E-state index in [4.69, 9.17) is 9.47 Å². The van der Waals surface area contributed by atoms with Gasteiger partial charge in [0.2, 0.25) is 0 Å². The normalized spacial score (nSPS) is 13.1. The molecule has 1 N–H and O–H groups in total. The zero-order valence-electron chi connectivity index (χ0n) is 16.5. The monoisotopic (exact) mass is 376 g/mol. The summed E-state index contributed by atoms with van der Waals surface area (Å²) in [5.41, 5.74) is 3.13. The lowest BCUT2D eigenvalue weighted by Crippen LogP contribution is -2.26. The molecule has 1 atom stereocenters. The van der Waals surface area contributed by atoms with E-state index in [0.29, 0.717) is 0 Å². The molecule has 2 aromatic heterocycles. The Bertz CT molecular complexity index is 1110. The second-order valence-electron chi connectivity index (χ2n) is 7.88. The quantitative estimate of drug-likeness (QED) is 0.503. The van der Waals surface area contributed by atoms with Crippen LogP contribution in [-0.2, 0) is 9.47 Å². The number of hydrogen-bond acceptors (Lipinski definition) is 3. The molecule has 5 heteroatoms. The molecule has 1 unspecified atom stereocenters. The number of aromatic nitrogens is 2. The molecule has 5 nitrogen and oxygen atoms in total. The van der Waals surface area contributed by atoms with Crippen LogP contribution in [0.5, 0.6) is 0 Å². The van der Waals surface area contributed by atoms with E-state index in [1.807, 2.05) is 69.4 Å². The van der Waals surface area contributed by atoms with E-state index in [-0.39, 0.29) is 6.10 Å². The first-order chi connectivity index (χ1) is 13.4. The summed E-state index contributed by atoms with van der Waals surface area (Å²) >= 11 is 0. The lowest BCUT2D eigenvalue weighted by Gasteiger charge is -2.19. The van der Waals surface area contributed by atoms with Crippen molar-refractivity contribution in [2.45, 2.75) is 32.5 Å². The van der Waals surface area contributed by atoms with E-state index in [2.05, 4.69) is 17.1 Å². The number of nitrogens with one attached hydrogen (secondary N) is 1. The third-order valence-corrected chi connectivity index (χ3v) is 4.68. The van der Waals surface area contributed by atoms with Crippen LogP contribution in [0.4, 0.5) is 4.79 Å². The number of aromatic amines is 1. The first-order valence-corrected chi connectivity index (χ1v) is 9.31. The van der Waals surface area contributed by atoms with Crippen LogP contribution in [0, 0.1) is 0 Å². The summed E-state index contributed by atoms with van der Waals surface area (Å²) in [6.45, 7) is 5.58. The fourth-order valence-electron chi connectivity index (χ4n) is 3.54. The molecule has 0 spiro atoms. The predicted octanol–water partition coefficient (Wildman–Crippen LogP) is 5.64. The number of para-hydroxylation sites is 2. The Labute approximate surface area is 163 Å². The van der Waals surface area contributed by atoms with E-state index in [9.17, 15) is 4.79 Å². The molecule has 144 valence electrons. The summed E-state index contributed by atoms with van der Waals surface area (Å²) in [4.78, 5) is 16.2. The van der Waals surface area contributed by atoms with E-state index in [0.717, 1.165) is 33.1 Å². The van der Waals surface area contributed by atoms with Crippen molar-refractivity contribution in [1.29, 1.82) is 0 Å². The Morgan fingerprint density at radius 3 is 2.50 bits per heavy atom. The van der Waals surface area contributed by atoms with Crippen molar-refractivity contribution in [2.75, 3.05) is 7.11 Å². The van der Waals surface area contributed by atoms with E-state index >= 15 is 0 Å². The molecule has 0 radical (unpaired) electrons. The minimum absolute atomic E-state index is 0.332. The summed E-state index contributed by atoms with van der Waals surface area (Å²) in [7, 11) is 1.68. The van der Waals surface area contributed by atoms with Crippen molar-refractivity contribution in [3.63, 3.8) is 0 Å². The number of methoxy groups -OCH3 is 1. The van der Waals surface area contributed by atoms with Crippen LogP contribution >= 0.6 is 0 Å². The molecule has 0 amide bonds. The third kappa shape index (κ3) is 3.29. The zero-order chi connectivity index (χ0) is 19.9. The van der Waals surface area contributed by atoms with Gasteiger partial charge in [0, 0.05) is 35.5 Å². The molecule has 0 aliphatic heterocycles. The lowest BCUT2D eigenvalue weighted by atomic mass is 10.1. The first-order valence-electron chi connectivity index (χ1n) is 9.31. The van der Waals surface area contributed by atoms with Gasteiger partial charge in [-0.2, -0.15) is 0 Å². The standard InChI is InChI=1S/C23H24N2O3/c1-23(2,3)28-22(26)25-14-17(16-10-6-8-12-20(16)25)21(27-4)19-13-15-9-5-7-11-18(15)24-19/h5-14,21,24H,1-4H3. The molecule has 4 aromatic rings. The fourth-order valence-corrected chi connectivity index (χ4v) is 3.54. The van der Waals surface area contributed by atoms with Crippen LogP contribution in [0.3, 0.4) is 0 Å². The van der Waals surface area contributed by atoms with Gasteiger partial charge in [-0.1, -0.05) is 36.4 Å². The molecule has 2 aromatic carbocycles. The number of H-pyrrole nitrogens is 1. The lowest BCUT2D eigenvalue weighted by molar-refractivity contribution is 0.0543. The molecular weight excluding hydrogens is 352 g/mol. The van der Waals surface area contributed by atoms with E-state index in [1.165, 1.54) is 0 Å². The number of ether oxygens (including phenoxy) is 2. The van der Waals surface area contributed by atoms with Crippen LogP contribution in [0.25, 0.3) is 21.8 Å². The molecule has 0 saturated carbocycles. The number of fused-ring (bicyclic) bond motifs is 2. The molecule has 0 aliphatic carbocycles. The first kappa shape index (κ1) is 18.3. The molecule has 0 saturated heterocycles. The highest BCUT2D eigenvalue weighted by molar-refractivity contribution is 5.92. The Morgan fingerprint density at radius 1 is 1.07 bits per heavy atom. The van der Waals surface area contributed by atoms with Crippen LogP contribution in [0.15, 0.2) is 60.8 Å². The van der Waals surface area contributed by atoms with Crippen molar-refractivity contribution in [2.24, 2.45) is 0 Å². The topological polar surface area (TPSA) is 56.2 Å². The van der Waals surface area contributed by atoms with Crippen LogP contribution in [-0.4, -0.2) is 28.4 Å². The minimum atomic E-state index is -0.569. The number of nitrogens with zero attached hydrogens (tertiary/aromatic N) is 1. The molecule has 28 heavy (non-hydrogen) atoms. The average molecular weight is 376 g/mol. The van der Waals surface area contributed by atoms with Gasteiger partial charge in [0.05, 0.1) is 5.52 Å². The number of carbonyl (C=O) groups excluding carboxylic acids is 1. The molecule has 4 rings (SSSR count). The third-order valence-electron chi connectivity index (χ3n) is 4.68. The summed E-state index contributed by atoms with van der Waals surface area (Å²) < 4.78 is 13.0. The Hall–Kier alpha value is -3.05. The van der Waals surface area contributed by atoms with Crippen molar-refractivity contribution in [3.8, 4) is 0 Å². The Kier molecular flexibility index (Phi) is 4.47. The van der Waals surface area contributed by atoms with Crippen LogP contribution in [0.1, 0.15) is 38.1 Å². The van der Waals surface area contributed by atoms with Gasteiger partial charge in [0.25, 0.3) is 0 Å². The van der Waals surface area contributed by atoms with Crippen LogP contribution in [0.2, 0.25) is 0 Å². The SMILES string of the molecule is COC(c1cc2ccccc2[nH]1)c1cn(C(=O)OC(C)(C)C)c2ccccc12. The van der Waals surface area contributed by atoms with Crippen molar-refractivity contribution in [1.82, 2.24) is 9.55 Å². The summed E-state index contributed by atoms with van der Waals surface area (Å²) in [6, 6.07) is 18.0. The van der Waals surface area contributed by atoms with Gasteiger partial charge >= 0.3 is 6.09 Å². The zero-order valence-corrected chi connectivity index (χ0v) is 16.5. The highest BCUT2D eigenvalue weighted by atomic mass is 16.6. The van der Waals surface area contributed by atoms with Gasteiger partial charge in [0.1, 0.15) is 11.7 Å². The summed E-state index contributed by atoms with van der Waals surface area (Å²) in [6.07, 6.45) is 1.08. The number of hydrogen-bond donors (Lipinski definition) is 1.